The Balaban J connectivity index is 1.56. The lowest BCUT2D eigenvalue weighted by molar-refractivity contribution is 0.0478. The number of hydrogen-bond acceptors (Lipinski definition) is 5. The number of amides is 1. The summed E-state index contributed by atoms with van der Waals surface area (Å²) in [6.45, 7) is 3.23. The van der Waals surface area contributed by atoms with E-state index in [0.717, 1.165) is 42.8 Å². The largest absolute Gasteiger partial charge is 0.457 e. The normalized spacial score (nSPS) is 13.7. The van der Waals surface area contributed by atoms with E-state index in [1.54, 1.807) is 36.4 Å². The molecule has 0 aliphatic carbocycles. The molecule has 25 heavy (non-hydrogen) atoms. The molecule has 1 aromatic heterocycles. The molecule has 0 radical (unpaired) electrons. The molecule has 1 fully saturated rings. The molecule has 6 heteroatoms. The van der Waals surface area contributed by atoms with Crippen LogP contribution in [0.3, 0.4) is 0 Å². The number of likely N-dealkylation sites (tertiary alicyclic amines) is 1. The summed E-state index contributed by atoms with van der Waals surface area (Å²) in [5.41, 5.74) is 1.47. The first-order valence-electron chi connectivity index (χ1n) is 8.21. The van der Waals surface area contributed by atoms with E-state index in [1.165, 1.54) is 6.92 Å². The van der Waals surface area contributed by atoms with Crippen molar-refractivity contribution in [2.45, 2.75) is 26.4 Å². The topological polar surface area (TPSA) is 63.7 Å². The maximum Gasteiger partial charge on any atom is 0.348 e. The van der Waals surface area contributed by atoms with Crippen LogP contribution in [0.5, 0.6) is 0 Å². The summed E-state index contributed by atoms with van der Waals surface area (Å²) >= 11 is 1.13. The average Bonchev–Trinajstić information content (AvgIpc) is 3.31. The van der Waals surface area contributed by atoms with Crippen LogP contribution in [0.4, 0.5) is 0 Å². The second-order valence-electron chi connectivity index (χ2n) is 5.99. The summed E-state index contributed by atoms with van der Waals surface area (Å²) in [7, 11) is 0. The molecule has 0 spiro atoms. The van der Waals surface area contributed by atoms with Gasteiger partial charge in [-0.25, -0.2) is 4.79 Å². The maximum atomic E-state index is 12.3. The van der Waals surface area contributed by atoms with Gasteiger partial charge in [-0.3, -0.25) is 9.59 Å². The molecule has 0 N–H and O–H groups in total. The van der Waals surface area contributed by atoms with Crippen molar-refractivity contribution in [1.29, 1.82) is 0 Å². The number of ether oxygens (including phenoxy) is 1. The lowest BCUT2D eigenvalue weighted by Crippen LogP contribution is -2.27. The SMILES string of the molecule is CC(=O)c1ccc(C(=O)OCc2ccc(C(=O)N3CCCC3)cc2)s1. The minimum absolute atomic E-state index is 0.0522. The van der Waals surface area contributed by atoms with Gasteiger partial charge >= 0.3 is 5.97 Å². The fourth-order valence-electron chi connectivity index (χ4n) is 2.70. The van der Waals surface area contributed by atoms with Gasteiger partial charge in [-0.05, 0) is 49.6 Å². The molecule has 0 atom stereocenters. The minimum Gasteiger partial charge on any atom is -0.457 e. The van der Waals surface area contributed by atoms with Crippen molar-refractivity contribution in [3.05, 3.63) is 57.3 Å². The number of carbonyl (C=O) groups excluding carboxylic acids is 3. The van der Waals surface area contributed by atoms with Crippen LogP contribution >= 0.6 is 11.3 Å². The number of carbonyl (C=O) groups is 3. The van der Waals surface area contributed by atoms with Crippen LogP contribution in [0, 0.1) is 0 Å². The summed E-state index contributed by atoms with van der Waals surface area (Å²) in [5.74, 6) is -0.464. The Kier molecular flexibility index (Phi) is 5.28. The molecule has 0 saturated carbocycles. The van der Waals surface area contributed by atoms with Gasteiger partial charge in [0.05, 0.1) is 4.88 Å². The standard InChI is InChI=1S/C19H19NO4S/c1-13(21)16-8-9-17(25-16)19(23)24-12-14-4-6-15(7-5-14)18(22)20-10-2-3-11-20/h4-9H,2-3,10-12H2,1H3. The average molecular weight is 357 g/mol. The van der Waals surface area contributed by atoms with Crippen LogP contribution in [0.15, 0.2) is 36.4 Å². The molecule has 0 unspecified atom stereocenters. The molecule has 0 bridgehead atoms. The summed E-state index contributed by atoms with van der Waals surface area (Å²) < 4.78 is 5.27. The highest BCUT2D eigenvalue weighted by Gasteiger charge is 2.19. The molecule has 5 nitrogen and oxygen atoms in total. The van der Waals surface area contributed by atoms with Gasteiger partial charge in [0.25, 0.3) is 5.91 Å². The second kappa shape index (κ2) is 7.61. The molecule has 1 aliphatic heterocycles. The Labute approximate surface area is 150 Å². The number of Topliss-reactive ketones (excluding diaryl/α,β-unsaturated/α-hetero) is 1. The van der Waals surface area contributed by atoms with Crippen molar-refractivity contribution in [3.8, 4) is 0 Å². The molecule has 3 rings (SSSR count). The van der Waals surface area contributed by atoms with Gasteiger partial charge in [0.15, 0.2) is 5.78 Å². The van der Waals surface area contributed by atoms with Gasteiger partial charge in [-0.1, -0.05) is 12.1 Å². The van der Waals surface area contributed by atoms with Crippen LogP contribution in [0.25, 0.3) is 0 Å². The van der Waals surface area contributed by atoms with Gasteiger partial charge < -0.3 is 9.64 Å². The number of rotatable bonds is 5. The van der Waals surface area contributed by atoms with E-state index in [1.807, 2.05) is 4.90 Å². The Hall–Kier alpha value is -2.47. The molecule has 1 amide bonds. The van der Waals surface area contributed by atoms with Gasteiger partial charge in [0, 0.05) is 18.7 Å². The van der Waals surface area contributed by atoms with Crippen LogP contribution < -0.4 is 0 Å². The van der Waals surface area contributed by atoms with Crippen molar-refractivity contribution in [2.75, 3.05) is 13.1 Å². The highest BCUT2D eigenvalue weighted by Crippen LogP contribution is 2.19. The zero-order chi connectivity index (χ0) is 17.8. The summed E-state index contributed by atoms with van der Waals surface area (Å²) in [6, 6.07) is 10.4. The second-order valence-corrected chi connectivity index (χ2v) is 7.08. The van der Waals surface area contributed by atoms with E-state index >= 15 is 0 Å². The monoisotopic (exact) mass is 357 g/mol. The Morgan fingerprint density at radius 2 is 1.64 bits per heavy atom. The fourth-order valence-corrected chi connectivity index (χ4v) is 3.50. The number of hydrogen-bond donors (Lipinski definition) is 0. The zero-order valence-corrected chi connectivity index (χ0v) is 14.8. The summed E-state index contributed by atoms with van der Waals surface area (Å²) in [5, 5.41) is 0. The number of ketones is 1. The summed E-state index contributed by atoms with van der Waals surface area (Å²) in [4.78, 5) is 38.4. The van der Waals surface area contributed by atoms with E-state index in [2.05, 4.69) is 0 Å². The van der Waals surface area contributed by atoms with Crippen molar-refractivity contribution in [3.63, 3.8) is 0 Å². The van der Waals surface area contributed by atoms with Gasteiger partial charge in [0.1, 0.15) is 11.5 Å². The predicted octanol–water partition coefficient (Wildman–Crippen LogP) is 3.54. The van der Waals surface area contributed by atoms with Gasteiger partial charge in [0.2, 0.25) is 0 Å². The van der Waals surface area contributed by atoms with Gasteiger partial charge in [-0.2, -0.15) is 0 Å². The van der Waals surface area contributed by atoms with Crippen molar-refractivity contribution in [1.82, 2.24) is 4.90 Å². The van der Waals surface area contributed by atoms with Crippen LogP contribution in [0.2, 0.25) is 0 Å². The van der Waals surface area contributed by atoms with Crippen LogP contribution in [-0.4, -0.2) is 35.6 Å². The maximum absolute atomic E-state index is 12.3. The Morgan fingerprint density at radius 3 is 2.24 bits per heavy atom. The van der Waals surface area contributed by atoms with Crippen molar-refractivity contribution >= 4 is 29.0 Å². The lowest BCUT2D eigenvalue weighted by Gasteiger charge is -2.15. The number of benzene rings is 1. The Morgan fingerprint density at radius 1 is 1.00 bits per heavy atom. The third-order valence-corrected chi connectivity index (χ3v) is 5.28. The third-order valence-electron chi connectivity index (χ3n) is 4.12. The Bertz CT molecular complexity index is 788. The molecule has 1 aromatic carbocycles. The van der Waals surface area contributed by atoms with Crippen molar-refractivity contribution < 1.29 is 19.1 Å². The smallest absolute Gasteiger partial charge is 0.348 e. The third kappa shape index (κ3) is 4.14. The zero-order valence-electron chi connectivity index (χ0n) is 14.0. The van der Waals surface area contributed by atoms with Crippen LogP contribution in [-0.2, 0) is 11.3 Å². The minimum atomic E-state index is -0.449. The lowest BCUT2D eigenvalue weighted by atomic mass is 10.1. The molecule has 130 valence electrons. The van der Waals surface area contributed by atoms with E-state index in [-0.39, 0.29) is 18.3 Å². The molecule has 1 saturated heterocycles. The number of esters is 1. The first-order chi connectivity index (χ1) is 12.0. The van der Waals surface area contributed by atoms with E-state index in [4.69, 9.17) is 4.74 Å². The number of thiophene rings is 1. The van der Waals surface area contributed by atoms with Gasteiger partial charge in [-0.15, -0.1) is 11.3 Å². The molecule has 2 aromatic rings. The van der Waals surface area contributed by atoms with Crippen molar-refractivity contribution in [2.24, 2.45) is 0 Å². The fraction of sp³-hybridized carbons (Fsp3) is 0.316. The molecule has 1 aliphatic rings. The molecule has 2 heterocycles. The molecular formula is C19H19NO4S. The highest BCUT2D eigenvalue weighted by molar-refractivity contribution is 7.15. The van der Waals surface area contributed by atoms with E-state index in [9.17, 15) is 14.4 Å². The first-order valence-corrected chi connectivity index (χ1v) is 9.02. The van der Waals surface area contributed by atoms with E-state index in [0.29, 0.717) is 15.3 Å². The summed E-state index contributed by atoms with van der Waals surface area (Å²) in [6.07, 6.45) is 2.13. The quantitative estimate of drug-likeness (QED) is 0.606. The van der Waals surface area contributed by atoms with Crippen LogP contribution in [0.1, 0.15) is 55.0 Å². The first kappa shape index (κ1) is 17.4. The number of nitrogens with zero attached hydrogens (tertiary/aromatic N) is 1. The van der Waals surface area contributed by atoms with E-state index < -0.39 is 5.97 Å². The highest BCUT2D eigenvalue weighted by atomic mass is 32.1. The molecular weight excluding hydrogens is 338 g/mol. The predicted molar refractivity (Wildman–Crippen MR) is 95.0 cm³/mol.